The van der Waals surface area contributed by atoms with Gasteiger partial charge in [-0.05, 0) is 78.8 Å². The molecule has 8 atom stereocenters. The molecule has 1 aliphatic heterocycles. The first-order chi connectivity index (χ1) is 26.6. The summed E-state index contributed by atoms with van der Waals surface area (Å²) in [5, 5.41) is 4.98. The van der Waals surface area contributed by atoms with Gasteiger partial charge in [0.2, 0.25) is 6.23 Å². The van der Waals surface area contributed by atoms with Crippen LogP contribution in [0, 0.1) is 11.3 Å². The summed E-state index contributed by atoms with van der Waals surface area (Å²) in [6, 6.07) is 14.0. The number of benzene rings is 2. The highest BCUT2D eigenvalue weighted by Crippen LogP contribution is 2.80. The summed E-state index contributed by atoms with van der Waals surface area (Å²) in [5.41, 5.74) is 0.0493. The Balaban J connectivity index is 1.51. The van der Waals surface area contributed by atoms with E-state index in [1.54, 1.807) is 64.1 Å². The number of carbonyl (C=O) groups is 2. The second-order valence-electron chi connectivity index (χ2n) is 14.3. The van der Waals surface area contributed by atoms with E-state index in [1.807, 2.05) is 0 Å². The van der Waals surface area contributed by atoms with Crippen molar-refractivity contribution in [2.45, 2.75) is 90.5 Å². The highest BCUT2D eigenvalue weighted by atomic mass is 31.2. The number of nitrogens with two attached hydrogens (primary N) is 1. The molecule has 4 unspecified atom stereocenters. The van der Waals surface area contributed by atoms with E-state index in [1.165, 1.54) is 45.0 Å². The maximum Gasteiger partial charge on any atom is 0.459 e. The van der Waals surface area contributed by atoms with Crippen LogP contribution in [0.1, 0.15) is 54.7 Å². The number of esters is 2. The molecule has 0 amide bonds. The molecule has 0 spiro atoms. The summed E-state index contributed by atoms with van der Waals surface area (Å²) in [4.78, 5) is 41.9. The average molecular weight is 842 g/mol. The number of fused-ring (bicyclic) bond motifs is 1. The molecule has 21 heteroatoms. The zero-order valence-electron chi connectivity index (χ0n) is 32.3. The third-order valence-electron chi connectivity index (χ3n) is 9.35. The van der Waals surface area contributed by atoms with E-state index in [0.717, 1.165) is 12.3 Å². The van der Waals surface area contributed by atoms with Gasteiger partial charge >= 0.3 is 39.0 Å². The molecule has 2 fully saturated rings. The van der Waals surface area contributed by atoms with Gasteiger partial charge < -0.3 is 29.0 Å². The molecule has 4 N–H and O–H groups in total. The minimum absolute atomic E-state index is 0.00991. The van der Waals surface area contributed by atoms with Gasteiger partial charge in [-0.15, -0.1) is 0 Å². The Morgan fingerprint density at radius 1 is 0.842 bits per heavy atom. The molecular formula is C36H47F2N5O12P2. The fourth-order valence-electron chi connectivity index (χ4n) is 6.54. The zero-order chi connectivity index (χ0) is 42.0. The summed E-state index contributed by atoms with van der Waals surface area (Å²) in [7, 11) is -9.33. The molecule has 2 aromatic carbocycles. The molecule has 1 saturated heterocycles. The number of ether oxygens (including phenoxy) is 3. The maximum atomic E-state index is 17.2. The molecule has 312 valence electrons. The van der Waals surface area contributed by atoms with Crippen LogP contribution in [0.3, 0.4) is 0 Å². The fourth-order valence-corrected chi connectivity index (χ4v) is 9.58. The van der Waals surface area contributed by atoms with Crippen LogP contribution in [-0.4, -0.2) is 70.5 Å². The van der Waals surface area contributed by atoms with Gasteiger partial charge in [0, 0.05) is 12.1 Å². The molecule has 57 heavy (non-hydrogen) atoms. The lowest BCUT2D eigenvalue weighted by atomic mass is 9.94. The van der Waals surface area contributed by atoms with Crippen LogP contribution in [-0.2, 0) is 42.0 Å². The standard InChI is InChI=1S/C36H47F2N5O12P2/c1-22(2)51-30(44)24(5)41-56(47,54-26-14-10-8-11-15-26)49-20-28-34(7)35(28,36(37,38)32(53-34)43-19-18-29(39)40-33(43)46)21-50-57(48,55-27-16-12-9-13-17-27)42-25(6)31(45)52-23(3)4/h8-19,22-25,28,32H,20-21H2,1-7H3,(H,41,47)(H,42,48)(H2,39,40,46)/t24-,25-,28-,32+,34?,35?,56?,57?/m0/s1. The first-order valence-corrected chi connectivity index (χ1v) is 21.1. The number of nitrogens with one attached hydrogen (secondary N) is 2. The van der Waals surface area contributed by atoms with Crippen LogP contribution in [0.25, 0.3) is 0 Å². The van der Waals surface area contributed by atoms with E-state index < -0.39 is 99.7 Å². The van der Waals surface area contributed by atoms with Crippen molar-refractivity contribution in [2.75, 3.05) is 18.9 Å². The normalized spacial score (nSPS) is 25.4. The van der Waals surface area contributed by atoms with Gasteiger partial charge in [-0.25, -0.2) is 22.7 Å². The summed E-state index contributed by atoms with van der Waals surface area (Å²) >= 11 is 0. The molecule has 2 heterocycles. The molecule has 3 aromatic rings. The van der Waals surface area contributed by atoms with Crippen molar-refractivity contribution >= 4 is 33.2 Å². The number of nitrogens with zero attached hydrogens (tertiary/aromatic N) is 2. The second kappa shape index (κ2) is 16.9. The molecule has 5 rings (SSSR count). The molecule has 0 radical (unpaired) electrons. The second-order valence-corrected chi connectivity index (χ2v) is 17.7. The van der Waals surface area contributed by atoms with E-state index in [4.69, 9.17) is 38.0 Å². The van der Waals surface area contributed by atoms with E-state index >= 15 is 8.78 Å². The van der Waals surface area contributed by atoms with E-state index in [0.29, 0.717) is 4.57 Å². The number of hydrogen-bond donors (Lipinski definition) is 3. The van der Waals surface area contributed by atoms with Gasteiger partial charge in [-0.2, -0.15) is 15.2 Å². The van der Waals surface area contributed by atoms with Crippen LogP contribution in [0.5, 0.6) is 11.5 Å². The number of anilines is 1. The Kier molecular flexibility index (Phi) is 13.0. The number of carbonyl (C=O) groups excluding carboxylic acids is 2. The summed E-state index contributed by atoms with van der Waals surface area (Å²) < 4.78 is 103. The van der Waals surface area contributed by atoms with E-state index in [9.17, 15) is 23.5 Å². The van der Waals surface area contributed by atoms with Gasteiger partial charge in [-0.1, -0.05) is 36.4 Å². The molecule has 0 bridgehead atoms. The predicted octanol–water partition coefficient (Wildman–Crippen LogP) is 5.63. The minimum Gasteiger partial charge on any atom is -0.462 e. The van der Waals surface area contributed by atoms with Crippen molar-refractivity contribution in [1.29, 1.82) is 0 Å². The Morgan fingerprint density at radius 2 is 1.32 bits per heavy atom. The maximum absolute atomic E-state index is 17.2. The zero-order valence-corrected chi connectivity index (χ0v) is 34.1. The quantitative estimate of drug-likeness (QED) is 0.0984. The number of hydrogen-bond acceptors (Lipinski definition) is 14. The largest absolute Gasteiger partial charge is 0.462 e. The van der Waals surface area contributed by atoms with Crippen LogP contribution < -0.4 is 30.6 Å². The Bertz CT molecular complexity index is 2060. The van der Waals surface area contributed by atoms with Crippen molar-refractivity contribution in [1.82, 2.24) is 19.7 Å². The lowest BCUT2D eigenvalue weighted by Crippen LogP contribution is -2.45. The van der Waals surface area contributed by atoms with Crippen molar-refractivity contribution < 1.29 is 59.8 Å². The van der Waals surface area contributed by atoms with Gasteiger partial charge in [0.1, 0.15) is 29.4 Å². The van der Waals surface area contributed by atoms with Crippen molar-refractivity contribution in [2.24, 2.45) is 11.3 Å². The summed E-state index contributed by atoms with van der Waals surface area (Å²) in [5.74, 6) is -7.22. The number of alkyl halides is 2. The monoisotopic (exact) mass is 841 g/mol. The lowest BCUT2D eigenvalue weighted by Gasteiger charge is -2.31. The molecule has 17 nitrogen and oxygen atoms in total. The summed E-state index contributed by atoms with van der Waals surface area (Å²) in [6.45, 7) is 8.57. The van der Waals surface area contributed by atoms with Gasteiger partial charge in [-0.3, -0.25) is 23.2 Å². The van der Waals surface area contributed by atoms with E-state index in [2.05, 4.69) is 15.2 Å². The number of aromatic nitrogens is 2. The topological polar surface area (TPSA) is 218 Å². The van der Waals surface area contributed by atoms with Crippen molar-refractivity contribution in [3.8, 4) is 11.5 Å². The van der Waals surface area contributed by atoms with Crippen molar-refractivity contribution in [3.63, 3.8) is 0 Å². The van der Waals surface area contributed by atoms with E-state index in [-0.39, 0.29) is 17.3 Å². The van der Waals surface area contributed by atoms with Crippen LogP contribution in [0.15, 0.2) is 77.7 Å². The third kappa shape index (κ3) is 9.41. The molecule has 1 aromatic heterocycles. The minimum atomic E-state index is -4.74. The number of halogens is 2. The molecular weight excluding hydrogens is 794 g/mol. The predicted molar refractivity (Wildman–Crippen MR) is 201 cm³/mol. The van der Waals surface area contributed by atoms with Gasteiger partial charge in [0.15, 0.2) is 0 Å². The van der Waals surface area contributed by atoms with Gasteiger partial charge in [0.05, 0.1) is 36.4 Å². The van der Waals surface area contributed by atoms with Crippen LogP contribution in [0.4, 0.5) is 14.6 Å². The third-order valence-corrected chi connectivity index (χ3v) is 12.6. The Labute approximate surface area is 328 Å². The van der Waals surface area contributed by atoms with Crippen LogP contribution in [0.2, 0.25) is 0 Å². The SMILES string of the molecule is CC(C)OC(=O)[C@H](C)NP(=O)(OC[C@H]1C2(C)O[C@@H](n3ccc(N)nc3=O)C(F)(F)C12COP(=O)(N[C@@H](C)C(=O)OC(C)C)Oc1ccccc1)Oc1ccccc1. The molecule has 2 aliphatic rings. The molecule has 1 saturated carbocycles. The van der Waals surface area contributed by atoms with Crippen molar-refractivity contribution in [3.05, 3.63) is 83.4 Å². The lowest BCUT2D eigenvalue weighted by molar-refractivity contribution is -0.181. The number of para-hydroxylation sites is 2. The average Bonchev–Trinajstić information content (AvgIpc) is 3.59. The van der Waals surface area contributed by atoms with Crippen LogP contribution >= 0.6 is 15.5 Å². The Morgan fingerprint density at radius 3 is 1.77 bits per heavy atom. The molecule has 1 aliphatic carbocycles. The Hall–Kier alpha value is -4.22. The number of rotatable bonds is 19. The van der Waals surface area contributed by atoms with Gasteiger partial charge in [0.25, 0.3) is 0 Å². The highest BCUT2D eigenvalue weighted by molar-refractivity contribution is 7.52. The first-order valence-electron chi connectivity index (χ1n) is 18.0. The highest BCUT2D eigenvalue weighted by Gasteiger charge is 2.92. The smallest absolute Gasteiger partial charge is 0.459 e. The fraction of sp³-hybridized carbons (Fsp3) is 0.500. The first kappa shape index (κ1) is 43.9. The summed E-state index contributed by atoms with van der Waals surface area (Å²) in [6.07, 6.45) is -2.34. The number of nitrogen functional groups attached to an aromatic ring is 1.